The summed E-state index contributed by atoms with van der Waals surface area (Å²) >= 11 is 1.62. The van der Waals surface area contributed by atoms with Gasteiger partial charge in [0.15, 0.2) is 0 Å². The largest absolute Gasteiger partial charge is 0.311 e. The van der Waals surface area contributed by atoms with E-state index >= 15 is 0 Å². The van der Waals surface area contributed by atoms with Crippen LogP contribution in [0.1, 0.15) is 26.7 Å². The molecule has 0 radical (unpaired) electrons. The number of thioether (sulfide) groups is 1. The second kappa shape index (κ2) is 8.01. The van der Waals surface area contributed by atoms with E-state index in [1.54, 1.807) is 17.8 Å². The zero-order chi connectivity index (χ0) is 14.4. The number of benzene rings is 1. The van der Waals surface area contributed by atoms with Gasteiger partial charge in [0.25, 0.3) is 0 Å². The molecule has 2 unspecified atom stereocenters. The molecule has 0 aliphatic carbocycles. The molecule has 0 bridgehead atoms. The van der Waals surface area contributed by atoms with Crippen molar-refractivity contribution in [1.29, 1.82) is 0 Å². The Balaban J connectivity index is 1.83. The van der Waals surface area contributed by atoms with Crippen molar-refractivity contribution in [2.45, 2.75) is 43.7 Å². The SMILES string of the molecule is CCC1CN(CCSc2ccccc2F)C(CC)CN1. The molecule has 1 fully saturated rings. The molecule has 2 rings (SSSR count). The minimum absolute atomic E-state index is 0.101. The van der Waals surface area contributed by atoms with Gasteiger partial charge in [-0.3, -0.25) is 4.90 Å². The van der Waals surface area contributed by atoms with E-state index in [2.05, 4.69) is 24.1 Å². The van der Waals surface area contributed by atoms with E-state index in [9.17, 15) is 4.39 Å². The third kappa shape index (κ3) is 4.21. The maximum Gasteiger partial charge on any atom is 0.136 e. The second-order valence-electron chi connectivity index (χ2n) is 5.35. The van der Waals surface area contributed by atoms with Gasteiger partial charge in [-0.1, -0.05) is 26.0 Å². The summed E-state index contributed by atoms with van der Waals surface area (Å²) in [5, 5.41) is 3.61. The van der Waals surface area contributed by atoms with Crippen LogP contribution in [-0.4, -0.2) is 42.4 Å². The minimum Gasteiger partial charge on any atom is -0.311 e. The molecule has 1 aliphatic rings. The van der Waals surface area contributed by atoms with Crippen LogP contribution in [0.5, 0.6) is 0 Å². The summed E-state index contributed by atoms with van der Waals surface area (Å²) < 4.78 is 13.6. The first kappa shape index (κ1) is 15.8. The van der Waals surface area contributed by atoms with Crippen LogP contribution in [0.25, 0.3) is 0 Å². The lowest BCUT2D eigenvalue weighted by Crippen LogP contribution is -2.56. The number of hydrogen-bond acceptors (Lipinski definition) is 3. The van der Waals surface area contributed by atoms with Crippen molar-refractivity contribution >= 4 is 11.8 Å². The summed E-state index contributed by atoms with van der Waals surface area (Å²) in [5.74, 6) is 0.852. The molecular formula is C16H25FN2S. The number of nitrogens with one attached hydrogen (secondary N) is 1. The molecule has 1 N–H and O–H groups in total. The Morgan fingerprint density at radius 2 is 2.10 bits per heavy atom. The highest BCUT2D eigenvalue weighted by Gasteiger charge is 2.25. The molecule has 0 amide bonds. The first-order valence-corrected chi connectivity index (χ1v) is 8.57. The highest BCUT2D eigenvalue weighted by atomic mass is 32.2. The zero-order valence-electron chi connectivity index (χ0n) is 12.4. The van der Waals surface area contributed by atoms with E-state index in [0.717, 1.165) is 30.3 Å². The Bertz CT molecular complexity index is 413. The topological polar surface area (TPSA) is 15.3 Å². The minimum atomic E-state index is -0.101. The van der Waals surface area contributed by atoms with Gasteiger partial charge in [0.2, 0.25) is 0 Å². The van der Waals surface area contributed by atoms with Gasteiger partial charge in [0.05, 0.1) is 0 Å². The summed E-state index contributed by atoms with van der Waals surface area (Å²) in [4.78, 5) is 3.33. The average molecular weight is 296 g/mol. The van der Waals surface area contributed by atoms with Crippen molar-refractivity contribution in [2.75, 3.05) is 25.4 Å². The normalized spacial score (nSPS) is 23.9. The van der Waals surface area contributed by atoms with E-state index in [-0.39, 0.29) is 5.82 Å². The highest BCUT2D eigenvalue weighted by Crippen LogP contribution is 2.22. The lowest BCUT2D eigenvalue weighted by molar-refractivity contribution is 0.133. The van der Waals surface area contributed by atoms with Gasteiger partial charge in [-0.05, 0) is 25.0 Å². The van der Waals surface area contributed by atoms with Gasteiger partial charge < -0.3 is 5.32 Å². The Morgan fingerprint density at radius 1 is 1.30 bits per heavy atom. The zero-order valence-corrected chi connectivity index (χ0v) is 13.3. The van der Waals surface area contributed by atoms with Crippen LogP contribution in [0, 0.1) is 5.82 Å². The monoisotopic (exact) mass is 296 g/mol. The second-order valence-corrected chi connectivity index (χ2v) is 6.49. The molecule has 4 heteroatoms. The predicted molar refractivity (Wildman–Crippen MR) is 84.9 cm³/mol. The van der Waals surface area contributed by atoms with Crippen LogP contribution in [0.2, 0.25) is 0 Å². The molecule has 1 heterocycles. The highest BCUT2D eigenvalue weighted by molar-refractivity contribution is 7.99. The number of halogens is 1. The van der Waals surface area contributed by atoms with E-state index in [4.69, 9.17) is 0 Å². The molecule has 1 saturated heterocycles. The van der Waals surface area contributed by atoms with E-state index in [1.165, 1.54) is 18.9 Å². The maximum atomic E-state index is 13.6. The van der Waals surface area contributed by atoms with Crippen molar-refractivity contribution in [3.8, 4) is 0 Å². The van der Waals surface area contributed by atoms with Gasteiger partial charge in [-0.15, -0.1) is 11.8 Å². The maximum absolute atomic E-state index is 13.6. The first-order chi connectivity index (χ1) is 9.74. The van der Waals surface area contributed by atoms with Crippen molar-refractivity contribution in [3.63, 3.8) is 0 Å². The van der Waals surface area contributed by atoms with E-state index in [1.807, 2.05) is 12.1 Å². The molecule has 1 aromatic rings. The van der Waals surface area contributed by atoms with Gasteiger partial charge in [-0.2, -0.15) is 0 Å². The van der Waals surface area contributed by atoms with Crippen LogP contribution in [-0.2, 0) is 0 Å². The molecule has 20 heavy (non-hydrogen) atoms. The Hall–Kier alpha value is -0.580. The molecule has 2 atom stereocenters. The summed E-state index contributed by atoms with van der Waals surface area (Å²) in [5.41, 5.74) is 0. The molecule has 1 aromatic carbocycles. The average Bonchev–Trinajstić information content (AvgIpc) is 2.49. The number of hydrogen-bond donors (Lipinski definition) is 1. The fourth-order valence-corrected chi connectivity index (χ4v) is 3.64. The third-order valence-electron chi connectivity index (χ3n) is 4.05. The van der Waals surface area contributed by atoms with Crippen molar-refractivity contribution in [1.82, 2.24) is 10.2 Å². The quantitative estimate of drug-likeness (QED) is 0.810. The van der Waals surface area contributed by atoms with Crippen LogP contribution >= 0.6 is 11.8 Å². The summed E-state index contributed by atoms with van der Waals surface area (Å²) in [7, 11) is 0. The van der Waals surface area contributed by atoms with Crippen LogP contribution in [0.15, 0.2) is 29.2 Å². The number of rotatable bonds is 6. The predicted octanol–water partition coefficient (Wildman–Crippen LogP) is 3.38. The first-order valence-electron chi connectivity index (χ1n) is 7.59. The molecule has 1 aliphatic heterocycles. The summed E-state index contributed by atoms with van der Waals surface area (Å²) in [6.45, 7) is 7.72. The van der Waals surface area contributed by atoms with Crippen molar-refractivity contribution in [2.24, 2.45) is 0 Å². The van der Waals surface area contributed by atoms with Crippen LogP contribution < -0.4 is 5.32 Å². The Morgan fingerprint density at radius 3 is 2.80 bits per heavy atom. The lowest BCUT2D eigenvalue weighted by Gasteiger charge is -2.40. The van der Waals surface area contributed by atoms with Crippen LogP contribution in [0.3, 0.4) is 0 Å². The summed E-state index contributed by atoms with van der Waals surface area (Å²) in [6, 6.07) is 8.28. The van der Waals surface area contributed by atoms with Crippen molar-refractivity contribution < 1.29 is 4.39 Å². The molecule has 0 saturated carbocycles. The number of nitrogens with zero attached hydrogens (tertiary/aromatic N) is 1. The third-order valence-corrected chi connectivity index (χ3v) is 5.08. The fraction of sp³-hybridized carbons (Fsp3) is 0.625. The molecule has 112 valence electrons. The van der Waals surface area contributed by atoms with Gasteiger partial charge in [-0.25, -0.2) is 4.39 Å². The number of piperazine rings is 1. The molecule has 0 aromatic heterocycles. The Labute approximate surface area is 126 Å². The standard InChI is InChI=1S/C16H25FN2S/c1-3-13-12-19(14(4-2)11-18-13)9-10-20-16-8-6-5-7-15(16)17/h5-8,13-14,18H,3-4,9-12H2,1-2H3. The smallest absolute Gasteiger partial charge is 0.136 e. The molecule has 2 nitrogen and oxygen atoms in total. The van der Waals surface area contributed by atoms with Gasteiger partial charge in [0, 0.05) is 42.4 Å². The molecule has 0 spiro atoms. The van der Waals surface area contributed by atoms with E-state index in [0.29, 0.717) is 12.1 Å². The molecular weight excluding hydrogens is 271 g/mol. The lowest BCUT2D eigenvalue weighted by atomic mass is 10.1. The van der Waals surface area contributed by atoms with Gasteiger partial charge in [0.1, 0.15) is 5.82 Å². The fourth-order valence-electron chi connectivity index (χ4n) is 2.71. The van der Waals surface area contributed by atoms with Gasteiger partial charge >= 0.3 is 0 Å². The summed E-state index contributed by atoms with van der Waals surface area (Å²) in [6.07, 6.45) is 2.35. The van der Waals surface area contributed by atoms with Crippen molar-refractivity contribution in [3.05, 3.63) is 30.1 Å². The van der Waals surface area contributed by atoms with E-state index < -0.39 is 0 Å². The Kier molecular flexibility index (Phi) is 6.33. The van der Waals surface area contributed by atoms with Crippen LogP contribution in [0.4, 0.5) is 4.39 Å².